The number of carbonyl (C=O) groups excluding carboxylic acids is 2. The Kier molecular flexibility index (Phi) is 2.11. The van der Waals surface area contributed by atoms with Gasteiger partial charge in [-0.3, -0.25) is 9.59 Å². The first-order chi connectivity index (χ1) is 19.2. The van der Waals surface area contributed by atoms with Crippen molar-refractivity contribution < 1.29 is 14.3 Å². The number of hydrogen-bond donors (Lipinski definition) is 0. The van der Waals surface area contributed by atoms with E-state index in [4.69, 9.17) is 15.0 Å². The van der Waals surface area contributed by atoms with E-state index in [1.165, 1.54) is 24.0 Å². The second-order valence-electron chi connectivity index (χ2n) is 15.8. The second kappa shape index (κ2) is 4.44. The molecule has 39 heavy (non-hydrogen) atoms. The minimum absolute atomic E-state index is 0.0746. The number of azo groups is 1. The summed E-state index contributed by atoms with van der Waals surface area (Å²) in [7, 11) is 0. The molecule has 16 bridgehead atoms. The van der Waals surface area contributed by atoms with Gasteiger partial charge in [-0.05, 0) is 82.1 Å². The van der Waals surface area contributed by atoms with Crippen molar-refractivity contribution in [3.05, 3.63) is 71.8 Å². The average Bonchev–Trinajstić information content (AvgIpc) is 3.77. The number of rotatable bonds is 2. The van der Waals surface area contributed by atoms with E-state index >= 15 is 0 Å². The minimum Gasteiger partial charge on any atom is -0.393 e. The summed E-state index contributed by atoms with van der Waals surface area (Å²) in [5.74, 6) is 4.47. The van der Waals surface area contributed by atoms with Crippen LogP contribution in [0, 0.1) is 92.7 Å². The Balaban J connectivity index is 1.26. The molecule has 18 rings (SSSR count). The monoisotopic (exact) mass is 510 g/mol. The minimum atomic E-state index is -0.355. The van der Waals surface area contributed by atoms with Gasteiger partial charge < -0.3 is 4.74 Å². The first kappa shape index (κ1) is 18.5. The maximum absolute atomic E-state index is 13.8. The molecule has 0 aromatic heterocycles. The van der Waals surface area contributed by atoms with Gasteiger partial charge in [0.05, 0.1) is 11.8 Å². The fourth-order valence-electron chi connectivity index (χ4n) is 19.4. The Bertz CT molecular complexity index is 1650. The molecule has 0 radical (unpaired) electrons. The lowest BCUT2D eigenvalue weighted by Gasteiger charge is -2.83. The highest BCUT2D eigenvalue weighted by molar-refractivity contribution is 5.99. The Morgan fingerprint density at radius 3 is 1.49 bits per heavy atom. The summed E-state index contributed by atoms with van der Waals surface area (Å²) >= 11 is 0. The topological polar surface area (TPSA) is 68.1 Å². The molecule has 190 valence electrons. The van der Waals surface area contributed by atoms with E-state index < -0.39 is 0 Å². The van der Waals surface area contributed by atoms with Gasteiger partial charge in [0.25, 0.3) is 0 Å². The predicted octanol–water partition coefficient (Wildman–Crippen LogP) is 4.58. The highest BCUT2D eigenvalue weighted by atomic mass is 16.6. The van der Waals surface area contributed by atoms with E-state index in [0.29, 0.717) is 23.7 Å². The summed E-state index contributed by atoms with van der Waals surface area (Å²) in [6.07, 6.45) is 2.68. The van der Waals surface area contributed by atoms with Crippen LogP contribution in [0.15, 0.2) is 70.9 Å². The van der Waals surface area contributed by atoms with Gasteiger partial charge in [-0.25, -0.2) is 0 Å². The van der Waals surface area contributed by atoms with Crippen LogP contribution in [0.5, 0.6) is 0 Å². The molecule has 3 aliphatic heterocycles. The van der Waals surface area contributed by atoms with Crippen molar-refractivity contribution in [1.82, 2.24) is 0 Å². The summed E-state index contributed by atoms with van der Waals surface area (Å²) in [6.45, 7) is 0. The molecule has 13 saturated carbocycles. The van der Waals surface area contributed by atoms with Crippen molar-refractivity contribution in [2.45, 2.75) is 23.9 Å². The Morgan fingerprint density at radius 2 is 1.03 bits per heavy atom. The van der Waals surface area contributed by atoms with Gasteiger partial charge in [0.15, 0.2) is 0 Å². The summed E-state index contributed by atoms with van der Waals surface area (Å²) in [5.41, 5.74) is 2.44. The van der Waals surface area contributed by atoms with Crippen molar-refractivity contribution in [3.8, 4) is 0 Å². The molecule has 5 heteroatoms. The quantitative estimate of drug-likeness (QED) is 0.439. The SMILES string of the molecule is O=C1OC(=O)C2C1C1C3C4C2C25C6CC7C8C6C6CC8C8(C3(c3ccccc3)N=NC4(c3ccccc3)C628)C715. The number of carbonyl (C=O) groups is 2. The van der Waals surface area contributed by atoms with Crippen molar-refractivity contribution in [2.75, 3.05) is 0 Å². The molecule has 2 aromatic rings. The van der Waals surface area contributed by atoms with Gasteiger partial charge in [-0.1, -0.05) is 60.7 Å². The third kappa shape index (κ3) is 0.986. The van der Waals surface area contributed by atoms with Crippen LogP contribution in [0.2, 0.25) is 0 Å². The van der Waals surface area contributed by atoms with Crippen LogP contribution in [0.4, 0.5) is 0 Å². The molecular weight excluding hydrogens is 484 g/mol. The standard InChI is InChI=1S/C34H26N2O3/c37-27-21-22(28(38)39-27)24-26-25-23(21)29-15-11-16-20-18-12-17(19(15)20)33(29)31(25,13-7-3-1-4-8-13)35-36-32(26,14-9-5-2-6-10-14)34(18,33)30(16,24)29/h1-10,15-26H,11-12H2. The van der Waals surface area contributed by atoms with Crippen LogP contribution >= 0.6 is 0 Å². The largest absolute Gasteiger partial charge is 0.393 e. The summed E-state index contributed by atoms with van der Waals surface area (Å²) in [6, 6.07) is 22.5. The molecule has 2 aromatic carbocycles. The van der Waals surface area contributed by atoms with Gasteiger partial charge in [0, 0.05) is 22.7 Å². The number of nitrogens with zero attached hydrogens (tertiary/aromatic N) is 2. The van der Waals surface area contributed by atoms with E-state index in [2.05, 4.69) is 60.7 Å². The lowest BCUT2D eigenvalue weighted by molar-refractivity contribution is -0.378. The van der Waals surface area contributed by atoms with Gasteiger partial charge in [-0.2, -0.15) is 10.2 Å². The van der Waals surface area contributed by atoms with E-state index in [0.717, 1.165) is 11.8 Å². The Labute approximate surface area is 224 Å². The number of esters is 2. The van der Waals surface area contributed by atoms with Crippen LogP contribution in [-0.2, 0) is 25.4 Å². The lowest BCUT2D eigenvalue weighted by Crippen LogP contribution is -2.85. The Morgan fingerprint density at radius 1 is 0.590 bits per heavy atom. The molecule has 16 aliphatic rings. The van der Waals surface area contributed by atoms with Gasteiger partial charge in [0.2, 0.25) is 0 Å². The third-order valence-corrected chi connectivity index (χ3v) is 17.3. The smallest absolute Gasteiger partial charge is 0.317 e. The maximum Gasteiger partial charge on any atom is 0.317 e. The molecule has 14 fully saturated rings. The summed E-state index contributed by atoms with van der Waals surface area (Å²) < 4.78 is 5.66. The molecule has 4 spiro atoms. The number of benzene rings is 2. The Hall–Kier alpha value is -2.82. The summed E-state index contributed by atoms with van der Waals surface area (Å²) in [4.78, 5) is 27.5. The lowest BCUT2D eigenvalue weighted by atomic mass is 9.19. The van der Waals surface area contributed by atoms with Crippen LogP contribution in [0.1, 0.15) is 24.0 Å². The average molecular weight is 511 g/mol. The van der Waals surface area contributed by atoms with Gasteiger partial charge in [-0.15, -0.1) is 0 Å². The van der Waals surface area contributed by atoms with E-state index in [1.807, 2.05) is 0 Å². The molecule has 1 saturated heterocycles. The highest BCUT2D eigenvalue weighted by Gasteiger charge is 3.23. The van der Waals surface area contributed by atoms with Crippen molar-refractivity contribution in [2.24, 2.45) is 103 Å². The fraction of sp³-hybridized carbons (Fsp3) is 0.588. The zero-order valence-corrected chi connectivity index (χ0v) is 21.2. The van der Waals surface area contributed by atoms with Crippen LogP contribution < -0.4 is 0 Å². The van der Waals surface area contributed by atoms with E-state index in [9.17, 15) is 9.59 Å². The molecule has 0 N–H and O–H groups in total. The third-order valence-electron chi connectivity index (χ3n) is 17.3. The zero-order valence-electron chi connectivity index (χ0n) is 21.2. The molecule has 3 heterocycles. The van der Waals surface area contributed by atoms with Crippen LogP contribution in [-0.4, -0.2) is 11.9 Å². The van der Waals surface area contributed by atoms with E-state index in [1.54, 1.807) is 0 Å². The maximum atomic E-state index is 13.8. The number of hydrogen-bond acceptors (Lipinski definition) is 5. The summed E-state index contributed by atoms with van der Waals surface area (Å²) in [5, 5.41) is 11.4. The number of ether oxygens (including phenoxy) is 1. The first-order valence-electron chi connectivity index (χ1n) is 15.5. The highest BCUT2D eigenvalue weighted by Crippen LogP contribution is 3.23. The predicted molar refractivity (Wildman–Crippen MR) is 133 cm³/mol. The van der Waals surface area contributed by atoms with Gasteiger partial charge >= 0.3 is 11.9 Å². The molecule has 5 nitrogen and oxygen atoms in total. The first-order valence-corrected chi connectivity index (χ1v) is 15.5. The van der Waals surface area contributed by atoms with Crippen molar-refractivity contribution in [1.29, 1.82) is 0 Å². The molecule has 0 amide bonds. The van der Waals surface area contributed by atoms with Crippen LogP contribution in [0.25, 0.3) is 0 Å². The fourth-order valence-corrected chi connectivity index (χ4v) is 19.4. The molecule has 13 aliphatic carbocycles. The van der Waals surface area contributed by atoms with E-state index in [-0.39, 0.29) is 80.2 Å². The van der Waals surface area contributed by atoms with Crippen molar-refractivity contribution in [3.63, 3.8) is 0 Å². The number of cyclic esters (lactones) is 2. The van der Waals surface area contributed by atoms with Gasteiger partial charge in [0.1, 0.15) is 11.1 Å². The van der Waals surface area contributed by atoms with Crippen LogP contribution in [0.3, 0.4) is 0 Å². The molecule has 18 unspecified atom stereocenters. The zero-order chi connectivity index (χ0) is 24.8. The van der Waals surface area contributed by atoms with Crippen molar-refractivity contribution >= 4 is 11.9 Å². The second-order valence-corrected chi connectivity index (χ2v) is 15.8. The normalized spacial score (nSPS) is 70.2. The molecular formula is C34H26N2O3. The molecule has 18 atom stereocenters.